The van der Waals surface area contributed by atoms with Crippen molar-refractivity contribution in [2.75, 3.05) is 0 Å². The van der Waals surface area contributed by atoms with E-state index >= 15 is 0 Å². The summed E-state index contributed by atoms with van der Waals surface area (Å²) in [5.41, 5.74) is -0.0964. The number of rotatable bonds is 2. The average Bonchev–Trinajstić information content (AvgIpc) is 2.04. The van der Waals surface area contributed by atoms with Crippen LogP contribution in [0, 0.1) is 0 Å². The van der Waals surface area contributed by atoms with Crippen LogP contribution in [0.15, 0.2) is 29.2 Å². The summed E-state index contributed by atoms with van der Waals surface area (Å²) in [6.07, 6.45) is -2.50. The minimum atomic E-state index is -2.50. The highest BCUT2D eigenvalue weighted by Crippen LogP contribution is 2.20. The first-order valence-corrected chi connectivity index (χ1v) is 5.05. The van der Waals surface area contributed by atoms with Gasteiger partial charge in [-0.1, -0.05) is 12.1 Å². The predicted molar refractivity (Wildman–Crippen MR) is 43.7 cm³/mol. The second kappa shape index (κ2) is 3.96. The molecule has 1 unspecified atom stereocenters. The lowest BCUT2D eigenvalue weighted by molar-refractivity contribution is 0.151. The molecule has 1 aromatic carbocycles. The number of benzene rings is 1. The molecule has 12 heavy (non-hydrogen) atoms. The zero-order valence-corrected chi connectivity index (χ0v) is 7.41. The average molecular weight is 211 g/mol. The van der Waals surface area contributed by atoms with Crippen molar-refractivity contribution in [1.82, 2.24) is 0 Å². The maximum Gasteiger partial charge on any atom is 0.263 e. The van der Waals surface area contributed by atoms with Crippen molar-refractivity contribution in [3.05, 3.63) is 29.8 Å². The monoisotopic (exact) mass is 210 g/mol. The Balaban J connectivity index is 2.93. The van der Waals surface area contributed by atoms with Crippen LogP contribution in [0.3, 0.4) is 0 Å². The molecule has 0 aliphatic carbocycles. The summed E-state index contributed by atoms with van der Waals surface area (Å²) in [6, 6.07) is 5.07. The standard InChI is InChI=1S/C7H5ClF2OS/c8-12(11)6-3-1-5(2-4-6)7(9)10/h1-4,7H. The van der Waals surface area contributed by atoms with Gasteiger partial charge in [0.1, 0.15) is 10.0 Å². The van der Waals surface area contributed by atoms with E-state index in [-0.39, 0.29) is 5.56 Å². The van der Waals surface area contributed by atoms with Crippen LogP contribution in [-0.4, -0.2) is 4.21 Å². The van der Waals surface area contributed by atoms with Crippen molar-refractivity contribution in [1.29, 1.82) is 0 Å². The van der Waals surface area contributed by atoms with Gasteiger partial charge in [-0.05, 0) is 22.8 Å². The molecule has 0 aliphatic rings. The van der Waals surface area contributed by atoms with E-state index < -0.39 is 16.4 Å². The fourth-order valence-electron chi connectivity index (χ4n) is 0.720. The van der Waals surface area contributed by atoms with Crippen molar-refractivity contribution >= 4 is 20.7 Å². The predicted octanol–water partition coefficient (Wildman–Crippen LogP) is 2.89. The lowest BCUT2D eigenvalue weighted by Crippen LogP contribution is -1.85. The third-order valence-corrected chi connectivity index (χ3v) is 2.49. The molecule has 0 aromatic heterocycles. The van der Waals surface area contributed by atoms with Crippen LogP contribution in [0.25, 0.3) is 0 Å². The van der Waals surface area contributed by atoms with Gasteiger partial charge >= 0.3 is 0 Å². The van der Waals surface area contributed by atoms with Crippen LogP contribution < -0.4 is 0 Å². The lowest BCUT2D eigenvalue weighted by atomic mass is 10.2. The highest BCUT2D eigenvalue weighted by atomic mass is 35.7. The van der Waals surface area contributed by atoms with Crippen molar-refractivity contribution < 1.29 is 13.0 Å². The molecule has 66 valence electrons. The normalized spacial score (nSPS) is 13.3. The van der Waals surface area contributed by atoms with Crippen molar-refractivity contribution in [3.63, 3.8) is 0 Å². The van der Waals surface area contributed by atoms with Gasteiger partial charge in [0, 0.05) is 5.56 Å². The zero-order valence-electron chi connectivity index (χ0n) is 5.84. The van der Waals surface area contributed by atoms with E-state index in [0.29, 0.717) is 4.90 Å². The fraction of sp³-hybridized carbons (Fsp3) is 0.143. The fourth-order valence-corrected chi connectivity index (χ4v) is 1.38. The van der Waals surface area contributed by atoms with E-state index in [1.165, 1.54) is 24.3 Å². The molecule has 0 saturated carbocycles. The molecule has 1 atom stereocenters. The Labute approximate surface area is 75.3 Å². The molecule has 1 aromatic rings. The van der Waals surface area contributed by atoms with Gasteiger partial charge in [0.15, 0.2) is 0 Å². The second-order valence-corrected chi connectivity index (χ2v) is 3.85. The van der Waals surface area contributed by atoms with Gasteiger partial charge in [0.05, 0.1) is 4.90 Å². The van der Waals surface area contributed by atoms with Crippen LogP contribution in [0.2, 0.25) is 0 Å². The Morgan fingerprint density at radius 1 is 1.25 bits per heavy atom. The molecule has 0 heterocycles. The molecule has 0 spiro atoms. The maximum absolute atomic E-state index is 12.0. The lowest BCUT2D eigenvalue weighted by Gasteiger charge is -1.98. The highest BCUT2D eigenvalue weighted by Gasteiger charge is 2.06. The van der Waals surface area contributed by atoms with Crippen molar-refractivity contribution in [2.24, 2.45) is 0 Å². The first kappa shape index (κ1) is 9.61. The summed E-state index contributed by atoms with van der Waals surface area (Å²) in [5.74, 6) is 0. The molecular weight excluding hydrogens is 206 g/mol. The number of halogens is 3. The van der Waals surface area contributed by atoms with Crippen LogP contribution in [-0.2, 0) is 10.0 Å². The molecule has 0 saturated heterocycles. The summed E-state index contributed by atoms with van der Waals surface area (Å²) in [4.78, 5) is 0.334. The minimum Gasteiger partial charge on any atom is -0.237 e. The van der Waals surface area contributed by atoms with Crippen molar-refractivity contribution in [2.45, 2.75) is 11.3 Å². The van der Waals surface area contributed by atoms with E-state index in [9.17, 15) is 13.0 Å². The SMILES string of the molecule is O=S(Cl)c1ccc(C(F)F)cc1. The molecule has 1 nitrogen and oxygen atoms in total. The molecule has 0 fully saturated rings. The quantitative estimate of drug-likeness (QED) is 0.686. The van der Waals surface area contributed by atoms with E-state index in [1.54, 1.807) is 0 Å². The zero-order chi connectivity index (χ0) is 9.14. The first-order chi connectivity index (χ1) is 5.61. The van der Waals surface area contributed by atoms with Gasteiger partial charge in [0.2, 0.25) is 0 Å². The van der Waals surface area contributed by atoms with E-state index in [1.807, 2.05) is 0 Å². The van der Waals surface area contributed by atoms with Gasteiger partial charge in [-0.2, -0.15) is 0 Å². The van der Waals surface area contributed by atoms with Crippen LogP contribution in [0.5, 0.6) is 0 Å². The molecule has 0 bridgehead atoms. The van der Waals surface area contributed by atoms with E-state index in [0.717, 1.165) is 0 Å². The summed E-state index contributed by atoms with van der Waals surface area (Å²) in [6.45, 7) is 0. The van der Waals surface area contributed by atoms with E-state index in [2.05, 4.69) is 0 Å². The van der Waals surface area contributed by atoms with Gasteiger partial charge < -0.3 is 0 Å². The topological polar surface area (TPSA) is 17.1 Å². The third-order valence-electron chi connectivity index (χ3n) is 1.32. The van der Waals surface area contributed by atoms with Crippen LogP contribution in [0.1, 0.15) is 12.0 Å². The minimum absolute atomic E-state index is 0.0964. The first-order valence-electron chi connectivity index (χ1n) is 3.07. The molecule has 0 amide bonds. The van der Waals surface area contributed by atoms with Gasteiger partial charge in [-0.15, -0.1) is 0 Å². The Bertz CT molecular complexity index is 286. The second-order valence-electron chi connectivity index (χ2n) is 2.09. The number of hydrogen-bond acceptors (Lipinski definition) is 1. The maximum atomic E-state index is 12.0. The Morgan fingerprint density at radius 2 is 1.75 bits per heavy atom. The summed E-state index contributed by atoms with van der Waals surface area (Å²) >= 11 is 0. The van der Waals surface area contributed by atoms with Crippen LogP contribution >= 0.6 is 10.7 Å². The summed E-state index contributed by atoms with van der Waals surface area (Å²) in [5, 5.41) is 0. The largest absolute Gasteiger partial charge is 0.263 e. The Morgan fingerprint density at radius 3 is 2.08 bits per heavy atom. The van der Waals surface area contributed by atoms with Crippen LogP contribution in [0.4, 0.5) is 8.78 Å². The van der Waals surface area contributed by atoms with Gasteiger partial charge in [-0.3, -0.25) is 0 Å². The summed E-state index contributed by atoms with van der Waals surface area (Å²) < 4.78 is 34.6. The number of hydrogen-bond donors (Lipinski definition) is 0. The molecule has 5 heteroatoms. The van der Waals surface area contributed by atoms with E-state index in [4.69, 9.17) is 10.7 Å². The van der Waals surface area contributed by atoms with Gasteiger partial charge in [0.25, 0.3) is 6.43 Å². The number of alkyl halides is 2. The Hall–Kier alpha value is -0.480. The third kappa shape index (κ3) is 2.25. The summed E-state index contributed by atoms with van der Waals surface area (Å²) in [7, 11) is 3.60. The molecule has 0 N–H and O–H groups in total. The molecular formula is C7H5ClF2OS. The molecule has 0 aliphatic heterocycles. The Kier molecular flexibility index (Phi) is 3.17. The smallest absolute Gasteiger partial charge is 0.237 e. The molecule has 0 radical (unpaired) electrons. The highest BCUT2D eigenvalue weighted by molar-refractivity contribution is 8.08. The molecule has 1 rings (SSSR count). The van der Waals surface area contributed by atoms with Gasteiger partial charge in [-0.25, -0.2) is 13.0 Å². The van der Waals surface area contributed by atoms with Crippen molar-refractivity contribution in [3.8, 4) is 0 Å².